The zero-order valence-corrected chi connectivity index (χ0v) is 12.5. The van der Waals surface area contributed by atoms with E-state index >= 15 is 0 Å². The Morgan fingerprint density at radius 3 is 1.40 bits per heavy atom. The number of nitrogens with zero attached hydrogens (tertiary/aromatic N) is 2. The molecule has 0 fully saturated rings. The maximum Gasteiger partial charge on any atom is 0.124 e. The molecule has 0 bridgehead atoms. The molecule has 0 unspecified atom stereocenters. The Balaban J connectivity index is 4.41. The number of hydrogen-bond donors (Lipinski definition) is 0. The van der Waals surface area contributed by atoms with Crippen LogP contribution in [0, 0.1) is 46.3 Å². The molecule has 4 heteroatoms. The van der Waals surface area contributed by atoms with Crippen molar-refractivity contribution >= 4 is 0 Å². The molecule has 0 atom stereocenters. The molecule has 0 aromatic heterocycles. The van der Waals surface area contributed by atoms with Crippen LogP contribution in [0.1, 0.15) is 40.5 Å². The van der Waals surface area contributed by atoms with E-state index in [1.807, 2.05) is 39.8 Å². The van der Waals surface area contributed by atoms with Gasteiger partial charge in [-0.1, -0.05) is 11.8 Å². The van der Waals surface area contributed by atoms with Gasteiger partial charge in [-0.25, -0.2) is 0 Å². The van der Waals surface area contributed by atoms with E-state index in [0.29, 0.717) is 26.1 Å². The molecule has 0 spiro atoms. The second-order valence-corrected chi connectivity index (χ2v) is 5.03. The first-order valence-electron chi connectivity index (χ1n) is 6.39. The van der Waals surface area contributed by atoms with Crippen LogP contribution in [0.15, 0.2) is 0 Å². The zero-order valence-electron chi connectivity index (χ0n) is 12.5. The van der Waals surface area contributed by atoms with Gasteiger partial charge in [0.1, 0.15) is 11.2 Å². The molecular formula is C16H20N2O2. The third-order valence-corrected chi connectivity index (χ3v) is 2.14. The summed E-state index contributed by atoms with van der Waals surface area (Å²) in [5, 5.41) is 16.9. The van der Waals surface area contributed by atoms with Gasteiger partial charge >= 0.3 is 0 Å². The Kier molecular flexibility index (Phi) is 8.12. The highest BCUT2D eigenvalue weighted by Gasteiger charge is 2.15. The van der Waals surface area contributed by atoms with Crippen molar-refractivity contribution in [2.24, 2.45) is 0 Å². The van der Waals surface area contributed by atoms with Gasteiger partial charge in [0.15, 0.2) is 0 Å². The second-order valence-electron chi connectivity index (χ2n) is 5.03. The maximum absolute atomic E-state index is 8.43. The highest BCUT2D eigenvalue weighted by Crippen LogP contribution is 2.08. The van der Waals surface area contributed by atoms with Gasteiger partial charge in [0.25, 0.3) is 0 Å². The Bertz CT molecular complexity index is 451. The molecular weight excluding hydrogens is 252 g/mol. The molecule has 0 radical (unpaired) electrons. The van der Waals surface area contributed by atoms with Crippen LogP contribution >= 0.6 is 0 Å². The third kappa shape index (κ3) is 9.99. The Hall–Kier alpha value is -1.98. The largest absolute Gasteiger partial charge is 0.362 e. The third-order valence-electron chi connectivity index (χ3n) is 2.14. The lowest BCUT2D eigenvalue weighted by atomic mass is 10.1. The number of nitriles is 2. The van der Waals surface area contributed by atoms with Gasteiger partial charge < -0.3 is 9.47 Å². The van der Waals surface area contributed by atoms with Crippen LogP contribution in [0.5, 0.6) is 0 Å². The summed E-state index contributed by atoms with van der Waals surface area (Å²) in [7, 11) is 0. The zero-order chi connectivity index (χ0) is 15.5. The van der Waals surface area contributed by atoms with Gasteiger partial charge in [-0.3, -0.25) is 0 Å². The van der Waals surface area contributed by atoms with E-state index in [0.717, 1.165) is 0 Å². The Morgan fingerprint density at radius 1 is 0.750 bits per heavy atom. The summed E-state index contributed by atoms with van der Waals surface area (Å²) in [4.78, 5) is 0. The van der Waals surface area contributed by atoms with Crippen molar-refractivity contribution in [2.45, 2.75) is 51.7 Å². The lowest BCUT2D eigenvalue weighted by molar-refractivity contribution is 0.0301. The van der Waals surface area contributed by atoms with E-state index in [-0.39, 0.29) is 0 Å². The smallest absolute Gasteiger partial charge is 0.124 e. The molecule has 0 heterocycles. The molecule has 0 saturated heterocycles. The lowest BCUT2D eigenvalue weighted by Gasteiger charge is -2.17. The molecule has 4 nitrogen and oxygen atoms in total. The fourth-order valence-electron chi connectivity index (χ4n) is 1.14. The molecule has 0 aromatic carbocycles. The molecule has 0 rings (SSSR count). The Morgan fingerprint density at radius 2 is 1.10 bits per heavy atom. The first-order valence-corrected chi connectivity index (χ1v) is 6.39. The van der Waals surface area contributed by atoms with Crippen LogP contribution in [-0.4, -0.2) is 24.4 Å². The summed E-state index contributed by atoms with van der Waals surface area (Å²) >= 11 is 0. The van der Waals surface area contributed by atoms with E-state index in [1.54, 1.807) is 0 Å². The van der Waals surface area contributed by atoms with E-state index in [1.165, 1.54) is 0 Å². The summed E-state index contributed by atoms with van der Waals surface area (Å²) in [6, 6.07) is 4.02. The minimum absolute atomic E-state index is 0.344. The van der Waals surface area contributed by atoms with Gasteiger partial charge in [0.05, 0.1) is 38.2 Å². The normalized spacial score (nSPS) is 10.3. The van der Waals surface area contributed by atoms with Crippen LogP contribution in [0.2, 0.25) is 0 Å². The number of rotatable bonds is 6. The first-order chi connectivity index (χ1) is 9.33. The van der Waals surface area contributed by atoms with Crippen LogP contribution in [0.4, 0.5) is 0 Å². The SMILES string of the molecule is CC(C)(C#CC#CC(C)(C)OCCC#N)OCCC#N. The van der Waals surface area contributed by atoms with Crippen LogP contribution in [-0.2, 0) is 9.47 Å². The van der Waals surface area contributed by atoms with E-state index in [9.17, 15) is 0 Å². The average molecular weight is 272 g/mol. The van der Waals surface area contributed by atoms with E-state index in [2.05, 4.69) is 23.7 Å². The number of hydrogen-bond acceptors (Lipinski definition) is 4. The van der Waals surface area contributed by atoms with Crippen LogP contribution in [0.3, 0.4) is 0 Å². The molecule has 0 aliphatic rings. The standard InChI is InChI=1S/C16H20N2O2/c1-15(2,19-13-7-11-17)9-5-6-10-16(3,4)20-14-8-12-18/h7-8,13-14H2,1-4H3. The summed E-state index contributed by atoms with van der Waals surface area (Å²) < 4.78 is 10.9. The van der Waals surface area contributed by atoms with Crippen molar-refractivity contribution in [3.63, 3.8) is 0 Å². The summed E-state index contributed by atoms with van der Waals surface area (Å²) in [5.41, 5.74) is -1.26. The van der Waals surface area contributed by atoms with Crippen molar-refractivity contribution in [3.8, 4) is 35.8 Å². The van der Waals surface area contributed by atoms with E-state index < -0.39 is 11.2 Å². The van der Waals surface area contributed by atoms with Gasteiger partial charge in [-0.2, -0.15) is 10.5 Å². The molecule has 0 aliphatic carbocycles. The van der Waals surface area contributed by atoms with Gasteiger partial charge in [0, 0.05) is 0 Å². The highest BCUT2D eigenvalue weighted by molar-refractivity contribution is 5.31. The molecule has 0 aliphatic heterocycles. The fraction of sp³-hybridized carbons (Fsp3) is 0.625. The maximum atomic E-state index is 8.43. The molecule has 0 saturated carbocycles. The first kappa shape index (κ1) is 18.0. The van der Waals surface area contributed by atoms with Gasteiger partial charge in [-0.05, 0) is 39.5 Å². The lowest BCUT2D eigenvalue weighted by Crippen LogP contribution is -2.23. The number of ether oxygens (including phenoxy) is 2. The predicted molar refractivity (Wildman–Crippen MR) is 76.1 cm³/mol. The Labute approximate surface area is 121 Å². The van der Waals surface area contributed by atoms with Crippen molar-refractivity contribution in [1.29, 1.82) is 10.5 Å². The summed E-state index contributed by atoms with van der Waals surface area (Å²) in [6.07, 6.45) is 0.688. The molecule has 0 amide bonds. The van der Waals surface area contributed by atoms with Gasteiger partial charge in [-0.15, -0.1) is 0 Å². The topological polar surface area (TPSA) is 66.0 Å². The second kappa shape index (κ2) is 9.01. The van der Waals surface area contributed by atoms with Crippen molar-refractivity contribution < 1.29 is 9.47 Å². The van der Waals surface area contributed by atoms with Crippen LogP contribution < -0.4 is 0 Å². The van der Waals surface area contributed by atoms with Crippen molar-refractivity contribution in [2.75, 3.05) is 13.2 Å². The quantitative estimate of drug-likeness (QED) is 0.550. The van der Waals surface area contributed by atoms with E-state index in [4.69, 9.17) is 20.0 Å². The minimum atomic E-state index is -0.628. The molecule has 0 N–H and O–H groups in total. The minimum Gasteiger partial charge on any atom is -0.362 e. The highest BCUT2D eigenvalue weighted by atomic mass is 16.5. The fourth-order valence-corrected chi connectivity index (χ4v) is 1.14. The molecule has 106 valence electrons. The van der Waals surface area contributed by atoms with Gasteiger partial charge in [0.2, 0.25) is 0 Å². The van der Waals surface area contributed by atoms with Crippen LogP contribution in [0.25, 0.3) is 0 Å². The van der Waals surface area contributed by atoms with Crippen molar-refractivity contribution in [3.05, 3.63) is 0 Å². The average Bonchev–Trinajstić information content (AvgIpc) is 2.35. The molecule has 0 aromatic rings. The monoisotopic (exact) mass is 272 g/mol. The summed E-state index contributed by atoms with van der Waals surface area (Å²) in [5.74, 6) is 11.3. The summed E-state index contributed by atoms with van der Waals surface area (Å²) in [6.45, 7) is 8.02. The van der Waals surface area contributed by atoms with Crippen molar-refractivity contribution in [1.82, 2.24) is 0 Å². The predicted octanol–water partition coefficient (Wildman–Crippen LogP) is 2.41. The molecule has 20 heavy (non-hydrogen) atoms.